The molecule has 0 amide bonds. The Balaban J connectivity index is 0.000000686. The van der Waals surface area contributed by atoms with Crippen LogP contribution in [0.5, 0.6) is 0 Å². The molecule has 4 heteroatoms. The van der Waals surface area contributed by atoms with Gasteiger partial charge in [0, 0.05) is 19.0 Å². The Bertz CT molecular complexity index is 451. The highest BCUT2D eigenvalue weighted by atomic mass is 16.5. The molecular formula is C13H19N3O. The Morgan fingerprint density at radius 3 is 2.59 bits per heavy atom. The van der Waals surface area contributed by atoms with Gasteiger partial charge in [-0.3, -0.25) is 0 Å². The summed E-state index contributed by atoms with van der Waals surface area (Å²) in [4.78, 5) is 4.36. The van der Waals surface area contributed by atoms with Crippen LogP contribution in [0.1, 0.15) is 32.2 Å². The van der Waals surface area contributed by atoms with Crippen LogP contribution in [-0.2, 0) is 13.0 Å². The fourth-order valence-electron chi connectivity index (χ4n) is 1.34. The topological polar surface area (TPSA) is 64.9 Å². The van der Waals surface area contributed by atoms with Gasteiger partial charge in [0.1, 0.15) is 11.5 Å². The normalized spacial score (nSPS) is 9.65. The molecular weight excluding hydrogens is 214 g/mol. The largest absolute Gasteiger partial charge is 0.361 e. The van der Waals surface area contributed by atoms with E-state index in [1.807, 2.05) is 45.0 Å². The highest BCUT2D eigenvalue weighted by molar-refractivity contribution is 5.53. The highest BCUT2D eigenvalue weighted by Crippen LogP contribution is 2.17. The van der Waals surface area contributed by atoms with Gasteiger partial charge < -0.3 is 10.3 Å². The minimum atomic E-state index is 0.437. The van der Waals surface area contributed by atoms with Crippen LogP contribution in [0.2, 0.25) is 0 Å². The molecule has 92 valence electrons. The molecule has 0 radical (unpaired) electrons. The van der Waals surface area contributed by atoms with E-state index in [-0.39, 0.29) is 0 Å². The molecule has 0 aliphatic carbocycles. The molecule has 0 aliphatic heterocycles. The Morgan fingerprint density at radius 1 is 1.24 bits per heavy atom. The molecule has 2 aromatic heterocycles. The van der Waals surface area contributed by atoms with Gasteiger partial charge >= 0.3 is 0 Å². The second-order valence-corrected chi connectivity index (χ2v) is 3.25. The molecule has 2 heterocycles. The van der Waals surface area contributed by atoms with Gasteiger partial charge in [-0.25, -0.2) is 4.98 Å². The number of rotatable bonds is 3. The fourth-order valence-corrected chi connectivity index (χ4v) is 1.34. The van der Waals surface area contributed by atoms with Crippen molar-refractivity contribution in [2.24, 2.45) is 5.73 Å². The maximum Gasteiger partial charge on any atom is 0.137 e. The second-order valence-electron chi connectivity index (χ2n) is 3.25. The van der Waals surface area contributed by atoms with E-state index in [1.54, 1.807) is 0 Å². The number of nitrogens with zero attached hydrogens (tertiary/aromatic N) is 2. The van der Waals surface area contributed by atoms with Crippen LogP contribution in [-0.4, -0.2) is 10.1 Å². The standard InChI is InChI=1S/C11H13N3O.C2H6/c1-2-9-6-11(14-15-9)10-5-3-4-8(7-12)13-10;1-2/h3-6H,2,7,12H2,1H3;1-2H3. The molecule has 0 bridgehead atoms. The molecule has 0 saturated heterocycles. The Morgan fingerprint density at radius 2 is 2.00 bits per heavy atom. The number of aryl methyl sites for hydroxylation is 1. The van der Waals surface area contributed by atoms with E-state index < -0.39 is 0 Å². The Labute approximate surface area is 102 Å². The molecule has 0 fully saturated rings. The van der Waals surface area contributed by atoms with Crippen LogP contribution in [0.4, 0.5) is 0 Å². The zero-order valence-electron chi connectivity index (χ0n) is 10.6. The van der Waals surface area contributed by atoms with E-state index in [2.05, 4.69) is 10.1 Å². The van der Waals surface area contributed by atoms with Crippen molar-refractivity contribution in [2.45, 2.75) is 33.7 Å². The molecule has 2 N–H and O–H groups in total. The zero-order valence-corrected chi connectivity index (χ0v) is 10.6. The predicted molar refractivity (Wildman–Crippen MR) is 68.4 cm³/mol. The number of pyridine rings is 1. The lowest BCUT2D eigenvalue weighted by molar-refractivity contribution is 0.388. The van der Waals surface area contributed by atoms with E-state index in [0.717, 1.165) is 29.3 Å². The summed E-state index contributed by atoms with van der Waals surface area (Å²) in [7, 11) is 0. The Hall–Kier alpha value is -1.68. The summed E-state index contributed by atoms with van der Waals surface area (Å²) in [5.41, 5.74) is 7.95. The number of hydrogen-bond acceptors (Lipinski definition) is 4. The number of nitrogens with two attached hydrogens (primary N) is 1. The summed E-state index contributed by atoms with van der Waals surface area (Å²) in [6.45, 7) is 6.46. The molecule has 4 nitrogen and oxygen atoms in total. The van der Waals surface area contributed by atoms with Crippen molar-refractivity contribution >= 4 is 0 Å². The minimum Gasteiger partial charge on any atom is -0.361 e. The van der Waals surface area contributed by atoms with Gasteiger partial charge in [0.25, 0.3) is 0 Å². The summed E-state index contributed by atoms with van der Waals surface area (Å²) in [5, 5.41) is 3.95. The first-order valence-electron chi connectivity index (χ1n) is 5.95. The number of hydrogen-bond donors (Lipinski definition) is 1. The van der Waals surface area contributed by atoms with Crippen LogP contribution in [0.3, 0.4) is 0 Å². The lowest BCUT2D eigenvalue weighted by atomic mass is 10.2. The van der Waals surface area contributed by atoms with Gasteiger partial charge in [-0.15, -0.1) is 0 Å². The average molecular weight is 233 g/mol. The van der Waals surface area contributed by atoms with Crippen LogP contribution >= 0.6 is 0 Å². The van der Waals surface area contributed by atoms with Crippen molar-refractivity contribution < 1.29 is 4.52 Å². The average Bonchev–Trinajstić information content (AvgIpc) is 2.90. The van der Waals surface area contributed by atoms with Gasteiger partial charge in [-0.2, -0.15) is 0 Å². The quantitative estimate of drug-likeness (QED) is 0.885. The van der Waals surface area contributed by atoms with E-state index >= 15 is 0 Å². The summed E-state index contributed by atoms with van der Waals surface area (Å²) in [5.74, 6) is 0.866. The van der Waals surface area contributed by atoms with Gasteiger partial charge in [-0.05, 0) is 12.1 Å². The predicted octanol–water partition coefficient (Wildman–Crippen LogP) is 2.78. The third-order valence-electron chi connectivity index (χ3n) is 2.19. The molecule has 0 aromatic carbocycles. The molecule has 0 spiro atoms. The van der Waals surface area contributed by atoms with Gasteiger partial charge in [-0.1, -0.05) is 32.0 Å². The lowest BCUT2D eigenvalue weighted by Gasteiger charge is -1.97. The van der Waals surface area contributed by atoms with Crippen molar-refractivity contribution in [2.75, 3.05) is 0 Å². The molecule has 0 atom stereocenters. The third kappa shape index (κ3) is 3.39. The summed E-state index contributed by atoms with van der Waals surface area (Å²) in [6.07, 6.45) is 0.837. The summed E-state index contributed by atoms with van der Waals surface area (Å²) < 4.78 is 5.12. The first-order chi connectivity index (χ1) is 8.33. The van der Waals surface area contributed by atoms with Crippen molar-refractivity contribution in [3.63, 3.8) is 0 Å². The van der Waals surface area contributed by atoms with Crippen molar-refractivity contribution in [1.29, 1.82) is 0 Å². The van der Waals surface area contributed by atoms with E-state index in [4.69, 9.17) is 10.3 Å². The fraction of sp³-hybridized carbons (Fsp3) is 0.385. The van der Waals surface area contributed by atoms with Gasteiger partial charge in [0.2, 0.25) is 0 Å². The van der Waals surface area contributed by atoms with Crippen LogP contribution < -0.4 is 5.73 Å². The molecule has 2 aromatic rings. The highest BCUT2D eigenvalue weighted by Gasteiger charge is 2.06. The van der Waals surface area contributed by atoms with Crippen molar-refractivity contribution in [3.8, 4) is 11.4 Å². The van der Waals surface area contributed by atoms with Crippen LogP contribution in [0.25, 0.3) is 11.4 Å². The molecule has 0 saturated carbocycles. The third-order valence-corrected chi connectivity index (χ3v) is 2.19. The molecule has 17 heavy (non-hydrogen) atoms. The van der Waals surface area contributed by atoms with Crippen LogP contribution in [0, 0.1) is 0 Å². The maximum atomic E-state index is 5.52. The van der Waals surface area contributed by atoms with Gasteiger partial charge in [0.15, 0.2) is 0 Å². The van der Waals surface area contributed by atoms with E-state index in [0.29, 0.717) is 6.54 Å². The minimum absolute atomic E-state index is 0.437. The first-order valence-corrected chi connectivity index (χ1v) is 5.95. The number of aromatic nitrogens is 2. The molecule has 2 rings (SSSR count). The second kappa shape index (κ2) is 6.81. The van der Waals surface area contributed by atoms with Gasteiger partial charge in [0.05, 0.1) is 11.4 Å². The van der Waals surface area contributed by atoms with Crippen molar-refractivity contribution in [3.05, 3.63) is 35.7 Å². The SMILES string of the molecule is CC.CCc1cc(-c2cccc(CN)n2)no1. The van der Waals surface area contributed by atoms with E-state index in [1.165, 1.54) is 0 Å². The maximum absolute atomic E-state index is 5.52. The lowest BCUT2D eigenvalue weighted by Crippen LogP contribution is -1.99. The van der Waals surface area contributed by atoms with E-state index in [9.17, 15) is 0 Å². The zero-order chi connectivity index (χ0) is 12.7. The smallest absolute Gasteiger partial charge is 0.137 e. The van der Waals surface area contributed by atoms with Crippen LogP contribution in [0.15, 0.2) is 28.8 Å². The first kappa shape index (κ1) is 13.4. The molecule has 0 unspecified atom stereocenters. The monoisotopic (exact) mass is 233 g/mol. The Kier molecular flexibility index (Phi) is 5.36. The molecule has 0 aliphatic rings. The van der Waals surface area contributed by atoms with Crippen molar-refractivity contribution in [1.82, 2.24) is 10.1 Å². The summed E-state index contributed by atoms with van der Waals surface area (Å²) in [6, 6.07) is 7.62. The summed E-state index contributed by atoms with van der Waals surface area (Å²) >= 11 is 0.